The number of hydrogen-bond donors (Lipinski definition) is 2. The molecular weight excluding hydrogens is 334 g/mol. The minimum atomic E-state index is -0.287. The SMILES string of the molecule is COc1ccc(NC(=O)Nc2ccc(-c3csc(C)n3)cc2)c(C)c1. The smallest absolute Gasteiger partial charge is 0.323 e. The summed E-state index contributed by atoms with van der Waals surface area (Å²) in [5.41, 5.74) is 4.38. The van der Waals surface area contributed by atoms with E-state index in [0.29, 0.717) is 0 Å². The number of carbonyl (C=O) groups is 1. The first-order chi connectivity index (χ1) is 12.0. The summed E-state index contributed by atoms with van der Waals surface area (Å²) in [6, 6.07) is 12.8. The Balaban J connectivity index is 1.65. The average molecular weight is 353 g/mol. The summed E-state index contributed by atoms with van der Waals surface area (Å²) >= 11 is 1.62. The summed E-state index contributed by atoms with van der Waals surface area (Å²) < 4.78 is 5.17. The molecule has 0 aliphatic rings. The van der Waals surface area contributed by atoms with Crippen molar-refractivity contribution < 1.29 is 9.53 Å². The first kappa shape index (κ1) is 17.0. The first-order valence-corrected chi connectivity index (χ1v) is 8.68. The summed E-state index contributed by atoms with van der Waals surface area (Å²) in [4.78, 5) is 16.6. The van der Waals surface area contributed by atoms with Crippen LogP contribution in [0.4, 0.5) is 16.2 Å². The number of aryl methyl sites for hydroxylation is 2. The number of rotatable bonds is 4. The number of urea groups is 1. The Morgan fingerprint density at radius 2 is 1.84 bits per heavy atom. The lowest BCUT2D eigenvalue weighted by molar-refractivity contribution is 0.262. The number of anilines is 2. The van der Waals surface area contributed by atoms with Crippen LogP contribution in [0.2, 0.25) is 0 Å². The Morgan fingerprint density at radius 3 is 2.44 bits per heavy atom. The molecule has 0 aliphatic heterocycles. The summed E-state index contributed by atoms with van der Waals surface area (Å²) in [5.74, 6) is 0.760. The van der Waals surface area contributed by atoms with Crippen LogP contribution in [-0.4, -0.2) is 18.1 Å². The predicted molar refractivity (Wildman–Crippen MR) is 103 cm³/mol. The van der Waals surface area contributed by atoms with Crippen LogP contribution in [-0.2, 0) is 0 Å². The molecule has 128 valence electrons. The molecular formula is C19H19N3O2S. The number of hydrogen-bond acceptors (Lipinski definition) is 4. The highest BCUT2D eigenvalue weighted by molar-refractivity contribution is 7.09. The number of benzene rings is 2. The maximum atomic E-state index is 12.2. The van der Waals surface area contributed by atoms with E-state index < -0.39 is 0 Å². The molecule has 0 spiro atoms. The lowest BCUT2D eigenvalue weighted by atomic mass is 10.1. The van der Waals surface area contributed by atoms with Crippen LogP contribution in [0.25, 0.3) is 11.3 Å². The predicted octanol–water partition coefficient (Wildman–Crippen LogP) is 5.08. The lowest BCUT2D eigenvalue weighted by Gasteiger charge is -2.11. The van der Waals surface area contributed by atoms with Crippen LogP contribution < -0.4 is 15.4 Å². The van der Waals surface area contributed by atoms with E-state index in [1.165, 1.54) is 0 Å². The quantitative estimate of drug-likeness (QED) is 0.687. The van der Waals surface area contributed by atoms with Crippen molar-refractivity contribution >= 4 is 28.7 Å². The second-order valence-electron chi connectivity index (χ2n) is 5.59. The van der Waals surface area contributed by atoms with Gasteiger partial charge in [-0.2, -0.15) is 0 Å². The van der Waals surface area contributed by atoms with Gasteiger partial charge < -0.3 is 15.4 Å². The van der Waals surface area contributed by atoms with Gasteiger partial charge in [-0.15, -0.1) is 11.3 Å². The Morgan fingerprint density at radius 1 is 1.08 bits per heavy atom. The number of ether oxygens (including phenoxy) is 1. The van der Waals surface area contributed by atoms with E-state index in [-0.39, 0.29) is 6.03 Å². The van der Waals surface area contributed by atoms with Gasteiger partial charge in [-0.3, -0.25) is 0 Å². The van der Waals surface area contributed by atoms with Gasteiger partial charge in [-0.25, -0.2) is 9.78 Å². The van der Waals surface area contributed by atoms with Gasteiger partial charge in [0.15, 0.2) is 0 Å². The third kappa shape index (κ3) is 4.16. The van der Waals surface area contributed by atoms with Crippen molar-refractivity contribution in [2.24, 2.45) is 0 Å². The second-order valence-corrected chi connectivity index (χ2v) is 6.65. The molecule has 1 heterocycles. The van der Waals surface area contributed by atoms with Crippen molar-refractivity contribution in [2.75, 3.05) is 17.7 Å². The normalized spacial score (nSPS) is 10.4. The third-order valence-electron chi connectivity index (χ3n) is 3.74. The monoisotopic (exact) mass is 353 g/mol. The first-order valence-electron chi connectivity index (χ1n) is 7.80. The zero-order chi connectivity index (χ0) is 17.8. The standard InChI is InChI=1S/C19H19N3O2S/c1-12-10-16(24-3)8-9-17(12)22-19(23)21-15-6-4-14(5-7-15)18-11-25-13(2)20-18/h4-11H,1-3H3,(H2,21,22,23). The van der Waals surface area contributed by atoms with Gasteiger partial charge >= 0.3 is 6.03 Å². The molecule has 3 aromatic rings. The molecule has 1 aromatic heterocycles. The van der Waals surface area contributed by atoms with Crippen LogP contribution in [0.1, 0.15) is 10.6 Å². The summed E-state index contributed by atoms with van der Waals surface area (Å²) in [5, 5.41) is 8.73. The maximum Gasteiger partial charge on any atom is 0.323 e. The Labute approximate surface area is 150 Å². The van der Waals surface area contributed by atoms with Gasteiger partial charge in [-0.05, 0) is 49.7 Å². The number of carbonyl (C=O) groups excluding carboxylic acids is 1. The molecule has 0 aliphatic carbocycles. The fourth-order valence-electron chi connectivity index (χ4n) is 2.41. The Hall–Kier alpha value is -2.86. The summed E-state index contributed by atoms with van der Waals surface area (Å²) in [6.07, 6.45) is 0. The molecule has 0 atom stereocenters. The number of nitrogens with zero attached hydrogens (tertiary/aromatic N) is 1. The van der Waals surface area contributed by atoms with E-state index in [1.54, 1.807) is 18.4 Å². The Bertz CT molecular complexity index is 888. The molecule has 0 unspecified atom stereocenters. The molecule has 0 radical (unpaired) electrons. The second kappa shape index (κ2) is 7.36. The van der Waals surface area contributed by atoms with Crippen LogP contribution in [0.15, 0.2) is 47.8 Å². The molecule has 0 fully saturated rings. The van der Waals surface area contributed by atoms with Gasteiger partial charge in [0, 0.05) is 22.3 Å². The van der Waals surface area contributed by atoms with E-state index >= 15 is 0 Å². The average Bonchev–Trinajstić information content (AvgIpc) is 3.04. The van der Waals surface area contributed by atoms with Crippen LogP contribution in [0.5, 0.6) is 5.75 Å². The van der Waals surface area contributed by atoms with Crippen molar-refractivity contribution in [3.8, 4) is 17.0 Å². The number of aromatic nitrogens is 1. The van der Waals surface area contributed by atoms with Crippen molar-refractivity contribution in [3.05, 3.63) is 58.4 Å². The van der Waals surface area contributed by atoms with Crippen molar-refractivity contribution in [1.82, 2.24) is 4.98 Å². The van der Waals surface area contributed by atoms with Crippen molar-refractivity contribution in [2.45, 2.75) is 13.8 Å². The summed E-state index contributed by atoms with van der Waals surface area (Å²) in [7, 11) is 1.62. The molecule has 6 heteroatoms. The van der Waals surface area contributed by atoms with E-state index in [4.69, 9.17) is 4.74 Å². The highest BCUT2D eigenvalue weighted by atomic mass is 32.1. The molecule has 25 heavy (non-hydrogen) atoms. The fourth-order valence-corrected chi connectivity index (χ4v) is 3.03. The zero-order valence-electron chi connectivity index (χ0n) is 14.3. The van der Waals surface area contributed by atoms with E-state index in [0.717, 1.165) is 39.0 Å². The molecule has 2 aromatic carbocycles. The van der Waals surface area contributed by atoms with Gasteiger partial charge in [0.25, 0.3) is 0 Å². The van der Waals surface area contributed by atoms with Crippen LogP contribution in [0.3, 0.4) is 0 Å². The van der Waals surface area contributed by atoms with Gasteiger partial charge in [-0.1, -0.05) is 12.1 Å². The fraction of sp³-hybridized carbons (Fsp3) is 0.158. The topological polar surface area (TPSA) is 63.2 Å². The highest BCUT2D eigenvalue weighted by Crippen LogP contribution is 2.24. The minimum Gasteiger partial charge on any atom is -0.497 e. The van der Waals surface area contributed by atoms with Crippen LogP contribution in [0, 0.1) is 13.8 Å². The van der Waals surface area contributed by atoms with Crippen LogP contribution >= 0.6 is 11.3 Å². The molecule has 2 amide bonds. The van der Waals surface area contributed by atoms with E-state index in [2.05, 4.69) is 15.6 Å². The zero-order valence-corrected chi connectivity index (χ0v) is 15.1. The maximum absolute atomic E-state index is 12.2. The van der Waals surface area contributed by atoms with E-state index in [9.17, 15) is 4.79 Å². The summed E-state index contributed by atoms with van der Waals surface area (Å²) in [6.45, 7) is 3.90. The molecule has 2 N–H and O–H groups in total. The van der Waals surface area contributed by atoms with Gasteiger partial charge in [0.1, 0.15) is 5.75 Å². The van der Waals surface area contributed by atoms with Gasteiger partial charge in [0.05, 0.1) is 17.8 Å². The largest absolute Gasteiger partial charge is 0.497 e. The Kier molecular flexibility index (Phi) is 5.00. The number of thiazole rings is 1. The van der Waals surface area contributed by atoms with Crippen molar-refractivity contribution in [1.29, 1.82) is 0 Å². The lowest BCUT2D eigenvalue weighted by Crippen LogP contribution is -2.19. The molecule has 0 saturated heterocycles. The molecule has 3 rings (SSSR count). The highest BCUT2D eigenvalue weighted by Gasteiger charge is 2.07. The molecule has 0 bridgehead atoms. The number of methoxy groups -OCH3 is 1. The number of nitrogens with one attached hydrogen (secondary N) is 2. The third-order valence-corrected chi connectivity index (χ3v) is 4.51. The van der Waals surface area contributed by atoms with E-state index in [1.807, 2.05) is 61.7 Å². The molecule has 0 saturated carbocycles. The van der Waals surface area contributed by atoms with Gasteiger partial charge in [0.2, 0.25) is 0 Å². The van der Waals surface area contributed by atoms with Crippen molar-refractivity contribution in [3.63, 3.8) is 0 Å². The number of amides is 2. The molecule has 5 nitrogen and oxygen atoms in total. The minimum absolute atomic E-state index is 0.287.